The minimum atomic E-state index is -3.82. The van der Waals surface area contributed by atoms with Gasteiger partial charge in [-0.2, -0.15) is 0 Å². The normalized spacial score (nSPS) is 17.6. The second-order valence-corrected chi connectivity index (χ2v) is 7.64. The number of nitrogens with one attached hydrogen (secondary N) is 2. The Bertz CT molecular complexity index is 690. The smallest absolute Gasteiger partial charge is 0.240 e. The first-order valence-electron chi connectivity index (χ1n) is 8.17. The van der Waals surface area contributed by atoms with E-state index in [-0.39, 0.29) is 35.8 Å². The molecule has 1 aromatic carbocycles. The van der Waals surface area contributed by atoms with Crippen molar-refractivity contribution in [3.63, 3.8) is 0 Å². The first kappa shape index (κ1) is 22.8. The zero-order chi connectivity index (χ0) is 18.3. The van der Waals surface area contributed by atoms with E-state index in [1.165, 1.54) is 18.2 Å². The standard InChI is InChI=1S/C16H24FN3O4S.ClH/c1-24-9-7-18-11-16(21)20-8-3-5-14(12-20)19-25(22,23)15-6-2-4-13(17)10-15;/h2,4,6,10,14,18-19H,3,5,7-9,11-12H2,1H3;1H. The third kappa shape index (κ3) is 6.81. The highest BCUT2D eigenvalue weighted by Gasteiger charge is 2.27. The maximum absolute atomic E-state index is 13.3. The Balaban J connectivity index is 0.00000338. The molecule has 2 N–H and O–H groups in total. The highest BCUT2D eigenvalue weighted by Crippen LogP contribution is 2.15. The van der Waals surface area contributed by atoms with Crippen molar-refractivity contribution in [1.29, 1.82) is 0 Å². The van der Waals surface area contributed by atoms with Crippen molar-refractivity contribution >= 4 is 28.3 Å². The summed E-state index contributed by atoms with van der Waals surface area (Å²) in [7, 11) is -2.23. The summed E-state index contributed by atoms with van der Waals surface area (Å²) in [4.78, 5) is 13.7. The number of carbonyl (C=O) groups is 1. The molecule has 1 heterocycles. The third-order valence-electron chi connectivity index (χ3n) is 3.96. The summed E-state index contributed by atoms with van der Waals surface area (Å²) in [5.74, 6) is -0.684. The van der Waals surface area contributed by atoms with E-state index in [4.69, 9.17) is 4.74 Å². The SMILES string of the molecule is COCCNCC(=O)N1CCCC(NS(=O)(=O)c2cccc(F)c2)C1.Cl. The number of rotatable bonds is 8. The zero-order valence-electron chi connectivity index (χ0n) is 14.6. The van der Waals surface area contributed by atoms with Crippen LogP contribution >= 0.6 is 12.4 Å². The number of hydrogen-bond donors (Lipinski definition) is 2. The van der Waals surface area contributed by atoms with Crippen LogP contribution in [-0.2, 0) is 19.6 Å². The average molecular weight is 410 g/mol. The molecule has 1 amide bonds. The quantitative estimate of drug-likeness (QED) is 0.619. The van der Waals surface area contributed by atoms with Gasteiger partial charge in [0.15, 0.2) is 0 Å². The Kier molecular flexibility index (Phi) is 9.45. The van der Waals surface area contributed by atoms with E-state index < -0.39 is 15.8 Å². The molecular formula is C16H25ClFN3O4S. The van der Waals surface area contributed by atoms with Crippen LogP contribution in [0.4, 0.5) is 4.39 Å². The van der Waals surface area contributed by atoms with Crippen LogP contribution in [-0.4, -0.2) is 65.2 Å². The molecule has 10 heteroatoms. The molecule has 0 aliphatic carbocycles. The molecule has 1 aromatic rings. The number of halogens is 2. The van der Waals surface area contributed by atoms with Gasteiger partial charge in [-0.1, -0.05) is 6.07 Å². The van der Waals surface area contributed by atoms with E-state index in [2.05, 4.69) is 10.0 Å². The molecule has 1 fully saturated rings. The third-order valence-corrected chi connectivity index (χ3v) is 5.48. The van der Waals surface area contributed by atoms with Crippen LogP contribution in [0.1, 0.15) is 12.8 Å². The van der Waals surface area contributed by atoms with E-state index in [0.717, 1.165) is 6.07 Å². The van der Waals surface area contributed by atoms with Gasteiger partial charge in [0.25, 0.3) is 0 Å². The average Bonchev–Trinajstić information content (AvgIpc) is 2.58. The van der Waals surface area contributed by atoms with E-state index >= 15 is 0 Å². The summed E-state index contributed by atoms with van der Waals surface area (Å²) < 4.78 is 45.5. The molecule has 148 valence electrons. The molecular weight excluding hydrogens is 385 g/mol. The summed E-state index contributed by atoms with van der Waals surface area (Å²) in [6.45, 7) is 2.18. The Labute approximate surface area is 159 Å². The van der Waals surface area contributed by atoms with Gasteiger partial charge in [-0.05, 0) is 31.0 Å². The summed E-state index contributed by atoms with van der Waals surface area (Å²) in [5, 5.41) is 2.98. The van der Waals surface area contributed by atoms with Crippen LogP contribution in [0, 0.1) is 5.82 Å². The van der Waals surface area contributed by atoms with Crippen molar-refractivity contribution in [2.75, 3.05) is 39.9 Å². The second-order valence-electron chi connectivity index (χ2n) is 5.93. The Morgan fingerprint density at radius 1 is 1.42 bits per heavy atom. The number of ether oxygens (including phenoxy) is 1. The van der Waals surface area contributed by atoms with E-state index in [1.54, 1.807) is 12.0 Å². The van der Waals surface area contributed by atoms with Crippen molar-refractivity contribution in [2.45, 2.75) is 23.8 Å². The molecule has 0 radical (unpaired) electrons. The fourth-order valence-electron chi connectivity index (χ4n) is 2.70. The van der Waals surface area contributed by atoms with Crippen LogP contribution in [0.15, 0.2) is 29.2 Å². The number of carbonyl (C=O) groups excluding carboxylic acids is 1. The largest absolute Gasteiger partial charge is 0.383 e. The molecule has 1 saturated heterocycles. The van der Waals surface area contributed by atoms with Gasteiger partial charge in [0.1, 0.15) is 5.82 Å². The molecule has 26 heavy (non-hydrogen) atoms. The number of hydrogen-bond acceptors (Lipinski definition) is 5. The predicted octanol–water partition coefficient (Wildman–Crippen LogP) is 0.753. The van der Waals surface area contributed by atoms with Gasteiger partial charge >= 0.3 is 0 Å². The topological polar surface area (TPSA) is 87.7 Å². The lowest BCUT2D eigenvalue weighted by Crippen LogP contribution is -2.51. The number of likely N-dealkylation sites (tertiary alicyclic amines) is 1. The van der Waals surface area contributed by atoms with Crippen molar-refractivity contribution < 1.29 is 22.3 Å². The lowest BCUT2D eigenvalue weighted by molar-refractivity contribution is -0.131. The van der Waals surface area contributed by atoms with Crippen LogP contribution in [0.3, 0.4) is 0 Å². The van der Waals surface area contributed by atoms with Crippen molar-refractivity contribution in [1.82, 2.24) is 14.9 Å². The van der Waals surface area contributed by atoms with Crippen molar-refractivity contribution in [3.05, 3.63) is 30.1 Å². The first-order chi connectivity index (χ1) is 11.9. The second kappa shape index (κ2) is 10.8. The van der Waals surface area contributed by atoms with Crippen molar-refractivity contribution in [3.8, 4) is 0 Å². The minimum Gasteiger partial charge on any atom is -0.383 e. The molecule has 0 spiro atoms. The molecule has 0 bridgehead atoms. The van der Waals surface area contributed by atoms with Gasteiger partial charge < -0.3 is 15.0 Å². The van der Waals surface area contributed by atoms with Gasteiger partial charge in [-0.25, -0.2) is 17.5 Å². The number of amides is 1. The number of sulfonamides is 1. The van der Waals surface area contributed by atoms with E-state index in [9.17, 15) is 17.6 Å². The Morgan fingerprint density at radius 2 is 2.19 bits per heavy atom. The molecule has 0 aromatic heterocycles. The summed E-state index contributed by atoms with van der Waals surface area (Å²) >= 11 is 0. The van der Waals surface area contributed by atoms with Crippen molar-refractivity contribution in [2.24, 2.45) is 0 Å². The molecule has 1 atom stereocenters. The van der Waals surface area contributed by atoms with Gasteiger partial charge in [-0.3, -0.25) is 4.79 Å². The molecule has 7 nitrogen and oxygen atoms in total. The summed E-state index contributed by atoms with van der Waals surface area (Å²) in [6.07, 6.45) is 1.34. The fraction of sp³-hybridized carbons (Fsp3) is 0.562. The minimum absolute atomic E-state index is 0. The van der Waals surface area contributed by atoms with Crippen LogP contribution in [0.25, 0.3) is 0 Å². The number of benzene rings is 1. The lowest BCUT2D eigenvalue weighted by atomic mass is 10.1. The fourth-order valence-corrected chi connectivity index (χ4v) is 4.00. The van der Waals surface area contributed by atoms with Gasteiger partial charge in [-0.15, -0.1) is 12.4 Å². The number of nitrogens with zero attached hydrogens (tertiary/aromatic N) is 1. The Hall–Kier alpha value is -1.26. The highest BCUT2D eigenvalue weighted by molar-refractivity contribution is 7.89. The maximum atomic E-state index is 13.3. The molecule has 0 saturated carbocycles. The molecule has 2 rings (SSSR count). The van der Waals surface area contributed by atoms with Crippen LogP contribution in [0.2, 0.25) is 0 Å². The zero-order valence-corrected chi connectivity index (χ0v) is 16.2. The Morgan fingerprint density at radius 3 is 2.88 bits per heavy atom. The molecule has 1 unspecified atom stereocenters. The van der Waals surface area contributed by atoms with Crippen LogP contribution in [0.5, 0.6) is 0 Å². The summed E-state index contributed by atoms with van der Waals surface area (Å²) in [6, 6.07) is 4.48. The lowest BCUT2D eigenvalue weighted by Gasteiger charge is -2.33. The highest BCUT2D eigenvalue weighted by atomic mass is 35.5. The van der Waals surface area contributed by atoms with Crippen LogP contribution < -0.4 is 10.0 Å². The predicted molar refractivity (Wildman–Crippen MR) is 98.3 cm³/mol. The number of piperidine rings is 1. The first-order valence-corrected chi connectivity index (χ1v) is 9.66. The van der Waals surface area contributed by atoms with E-state index in [1.807, 2.05) is 0 Å². The van der Waals surface area contributed by atoms with Gasteiger partial charge in [0.2, 0.25) is 15.9 Å². The molecule has 1 aliphatic rings. The van der Waals surface area contributed by atoms with E-state index in [0.29, 0.717) is 39.1 Å². The van der Waals surface area contributed by atoms with Gasteiger partial charge in [0, 0.05) is 32.8 Å². The monoisotopic (exact) mass is 409 g/mol. The maximum Gasteiger partial charge on any atom is 0.240 e. The van der Waals surface area contributed by atoms with Gasteiger partial charge in [0.05, 0.1) is 18.0 Å². The number of methoxy groups -OCH3 is 1. The summed E-state index contributed by atoms with van der Waals surface area (Å²) in [5.41, 5.74) is 0. The molecule has 1 aliphatic heterocycles.